The van der Waals surface area contributed by atoms with E-state index in [9.17, 15) is 0 Å². The highest BCUT2D eigenvalue weighted by atomic mass is 35.5. The standard InChI is InChI=1S/C11H15ClO/c1-8(2)11(7-12)6-10-4-5-13-9(10)3/h4-6,8H,7H2,1-3H3/b11-6+. The zero-order chi connectivity index (χ0) is 9.84. The summed E-state index contributed by atoms with van der Waals surface area (Å²) in [5.74, 6) is 2.03. The van der Waals surface area contributed by atoms with Crippen LogP contribution < -0.4 is 0 Å². The van der Waals surface area contributed by atoms with E-state index in [0.717, 1.165) is 11.3 Å². The zero-order valence-electron chi connectivity index (χ0n) is 8.30. The van der Waals surface area contributed by atoms with Crippen LogP contribution in [-0.4, -0.2) is 5.88 Å². The third-order valence-corrected chi connectivity index (χ3v) is 2.44. The predicted molar refractivity (Wildman–Crippen MR) is 57.0 cm³/mol. The predicted octanol–water partition coefficient (Wildman–Crippen LogP) is 3.87. The van der Waals surface area contributed by atoms with Gasteiger partial charge in [-0.25, -0.2) is 0 Å². The van der Waals surface area contributed by atoms with Crippen molar-refractivity contribution >= 4 is 17.7 Å². The fourth-order valence-corrected chi connectivity index (χ4v) is 1.49. The molecule has 1 aromatic rings. The lowest BCUT2D eigenvalue weighted by Gasteiger charge is -2.06. The van der Waals surface area contributed by atoms with Crippen LogP contribution in [0.1, 0.15) is 25.2 Å². The lowest BCUT2D eigenvalue weighted by atomic mass is 10.0. The largest absolute Gasteiger partial charge is 0.469 e. The Bertz CT molecular complexity index is 297. The number of rotatable bonds is 3. The molecular formula is C11H15ClO. The monoisotopic (exact) mass is 198 g/mol. The molecule has 0 unspecified atom stereocenters. The average molecular weight is 199 g/mol. The van der Waals surface area contributed by atoms with Crippen molar-refractivity contribution in [3.8, 4) is 0 Å². The summed E-state index contributed by atoms with van der Waals surface area (Å²) in [6.45, 7) is 6.24. The number of allylic oxidation sites excluding steroid dienone is 1. The molecule has 0 N–H and O–H groups in total. The molecule has 0 bridgehead atoms. The van der Waals surface area contributed by atoms with Crippen LogP contribution in [0.2, 0.25) is 0 Å². The molecule has 13 heavy (non-hydrogen) atoms. The molecule has 0 atom stereocenters. The Hall–Kier alpha value is -0.690. The summed E-state index contributed by atoms with van der Waals surface area (Å²) < 4.78 is 5.20. The molecule has 2 heteroatoms. The van der Waals surface area contributed by atoms with Crippen LogP contribution in [-0.2, 0) is 0 Å². The number of aryl methyl sites for hydroxylation is 1. The Morgan fingerprint density at radius 2 is 2.31 bits per heavy atom. The van der Waals surface area contributed by atoms with Crippen LogP contribution in [0.3, 0.4) is 0 Å². The highest BCUT2D eigenvalue weighted by Gasteiger charge is 2.04. The summed E-state index contributed by atoms with van der Waals surface area (Å²) in [5, 5.41) is 0. The number of halogens is 1. The average Bonchev–Trinajstić information content (AvgIpc) is 2.46. The van der Waals surface area contributed by atoms with Crippen molar-refractivity contribution in [2.24, 2.45) is 5.92 Å². The normalized spacial score (nSPS) is 12.5. The molecule has 1 aromatic heterocycles. The first kappa shape index (κ1) is 10.4. The van der Waals surface area contributed by atoms with Crippen LogP contribution in [0.15, 0.2) is 22.3 Å². The van der Waals surface area contributed by atoms with Gasteiger partial charge in [-0.05, 0) is 18.9 Å². The molecule has 0 aliphatic rings. The first-order valence-electron chi connectivity index (χ1n) is 4.45. The summed E-state index contributed by atoms with van der Waals surface area (Å²) in [5.41, 5.74) is 2.37. The van der Waals surface area contributed by atoms with E-state index < -0.39 is 0 Å². The molecule has 0 radical (unpaired) electrons. The van der Waals surface area contributed by atoms with Gasteiger partial charge in [-0.3, -0.25) is 0 Å². The molecule has 1 rings (SSSR count). The van der Waals surface area contributed by atoms with Crippen molar-refractivity contribution < 1.29 is 4.42 Å². The van der Waals surface area contributed by atoms with Gasteiger partial charge in [0.15, 0.2) is 0 Å². The van der Waals surface area contributed by atoms with Gasteiger partial charge in [-0.1, -0.05) is 25.5 Å². The van der Waals surface area contributed by atoms with E-state index >= 15 is 0 Å². The van der Waals surface area contributed by atoms with E-state index in [-0.39, 0.29) is 0 Å². The SMILES string of the molecule is Cc1occc1/C=C(\CCl)C(C)C. The highest BCUT2D eigenvalue weighted by Crippen LogP contribution is 2.18. The first-order valence-corrected chi connectivity index (χ1v) is 4.99. The Balaban J connectivity index is 2.91. The van der Waals surface area contributed by atoms with Crippen LogP contribution in [0.4, 0.5) is 0 Å². The molecule has 1 heterocycles. The van der Waals surface area contributed by atoms with Crippen LogP contribution in [0, 0.1) is 12.8 Å². The molecular weight excluding hydrogens is 184 g/mol. The molecule has 0 amide bonds. The van der Waals surface area contributed by atoms with Gasteiger partial charge < -0.3 is 4.42 Å². The van der Waals surface area contributed by atoms with Crippen molar-refractivity contribution in [1.29, 1.82) is 0 Å². The minimum absolute atomic E-state index is 0.492. The van der Waals surface area contributed by atoms with E-state index in [1.165, 1.54) is 5.57 Å². The summed E-state index contributed by atoms with van der Waals surface area (Å²) in [4.78, 5) is 0. The third-order valence-electron chi connectivity index (χ3n) is 2.14. The second kappa shape index (κ2) is 4.52. The molecule has 0 aromatic carbocycles. The third kappa shape index (κ3) is 2.63. The lowest BCUT2D eigenvalue weighted by Crippen LogP contribution is -1.95. The van der Waals surface area contributed by atoms with E-state index in [0.29, 0.717) is 11.8 Å². The van der Waals surface area contributed by atoms with Crippen molar-refractivity contribution in [3.05, 3.63) is 29.2 Å². The molecule has 0 fully saturated rings. The fourth-order valence-electron chi connectivity index (χ4n) is 1.10. The van der Waals surface area contributed by atoms with Gasteiger partial charge in [0.25, 0.3) is 0 Å². The lowest BCUT2D eigenvalue weighted by molar-refractivity contribution is 0.533. The number of alkyl halides is 1. The quantitative estimate of drug-likeness (QED) is 0.673. The van der Waals surface area contributed by atoms with Gasteiger partial charge in [0.2, 0.25) is 0 Å². The van der Waals surface area contributed by atoms with Crippen LogP contribution in [0.25, 0.3) is 6.08 Å². The summed E-state index contributed by atoms with van der Waals surface area (Å²) in [7, 11) is 0. The highest BCUT2D eigenvalue weighted by molar-refractivity contribution is 6.19. The number of hydrogen-bond donors (Lipinski definition) is 0. The van der Waals surface area contributed by atoms with Gasteiger partial charge in [0, 0.05) is 11.4 Å². The molecule has 0 spiro atoms. The summed E-state index contributed by atoms with van der Waals surface area (Å²) in [6, 6.07) is 1.96. The maximum atomic E-state index is 5.83. The maximum Gasteiger partial charge on any atom is 0.107 e. The molecule has 72 valence electrons. The number of hydrogen-bond acceptors (Lipinski definition) is 1. The van der Waals surface area contributed by atoms with Gasteiger partial charge in [0.05, 0.1) is 6.26 Å². The Kier molecular flexibility index (Phi) is 3.61. The smallest absolute Gasteiger partial charge is 0.107 e. The molecule has 0 saturated heterocycles. The first-order chi connectivity index (χ1) is 6.15. The van der Waals surface area contributed by atoms with Crippen LogP contribution >= 0.6 is 11.6 Å². The van der Waals surface area contributed by atoms with Gasteiger partial charge >= 0.3 is 0 Å². The Morgan fingerprint density at radius 1 is 1.62 bits per heavy atom. The molecule has 0 saturated carbocycles. The maximum absolute atomic E-state index is 5.83. The van der Waals surface area contributed by atoms with Crippen molar-refractivity contribution in [3.63, 3.8) is 0 Å². The van der Waals surface area contributed by atoms with Crippen molar-refractivity contribution in [2.75, 3.05) is 5.88 Å². The van der Waals surface area contributed by atoms with Crippen molar-refractivity contribution in [2.45, 2.75) is 20.8 Å². The minimum Gasteiger partial charge on any atom is -0.469 e. The minimum atomic E-state index is 0.492. The van der Waals surface area contributed by atoms with E-state index in [2.05, 4.69) is 19.9 Å². The summed E-state index contributed by atoms with van der Waals surface area (Å²) >= 11 is 5.83. The molecule has 1 nitrogen and oxygen atoms in total. The number of furan rings is 1. The Morgan fingerprint density at radius 3 is 2.69 bits per heavy atom. The van der Waals surface area contributed by atoms with E-state index in [1.54, 1.807) is 6.26 Å². The second-order valence-electron chi connectivity index (χ2n) is 3.44. The van der Waals surface area contributed by atoms with Gasteiger partial charge in [-0.15, -0.1) is 11.6 Å². The van der Waals surface area contributed by atoms with Crippen LogP contribution in [0.5, 0.6) is 0 Å². The van der Waals surface area contributed by atoms with E-state index in [4.69, 9.17) is 16.0 Å². The molecule has 0 aliphatic carbocycles. The summed E-state index contributed by atoms with van der Waals surface area (Å²) in [6.07, 6.45) is 3.81. The van der Waals surface area contributed by atoms with Gasteiger partial charge in [0.1, 0.15) is 5.76 Å². The topological polar surface area (TPSA) is 13.1 Å². The van der Waals surface area contributed by atoms with Gasteiger partial charge in [-0.2, -0.15) is 0 Å². The zero-order valence-corrected chi connectivity index (χ0v) is 9.06. The Labute approximate surface area is 84.4 Å². The van der Waals surface area contributed by atoms with Crippen molar-refractivity contribution in [1.82, 2.24) is 0 Å². The molecule has 0 aliphatic heterocycles. The van der Waals surface area contributed by atoms with E-state index in [1.807, 2.05) is 13.0 Å². The fraction of sp³-hybridized carbons (Fsp3) is 0.455. The second-order valence-corrected chi connectivity index (χ2v) is 3.71.